The van der Waals surface area contributed by atoms with E-state index in [4.69, 9.17) is 0 Å². The molecule has 0 aromatic heterocycles. The van der Waals surface area contributed by atoms with Crippen molar-refractivity contribution in [3.05, 3.63) is 75.6 Å². The van der Waals surface area contributed by atoms with E-state index in [-0.39, 0.29) is 36.2 Å². The van der Waals surface area contributed by atoms with E-state index in [2.05, 4.69) is 5.32 Å². The first-order valence-corrected chi connectivity index (χ1v) is 10.4. The van der Waals surface area contributed by atoms with Crippen molar-refractivity contribution >= 4 is 17.5 Å². The zero-order chi connectivity index (χ0) is 22.4. The Kier molecular flexibility index (Phi) is 7.33. The van der Waals surface area contributed by atoms with Crippen LogP contribution in [0.4, 0.5) is 10.1 Å². The minimum atomic E-state index is -0.777. The summed E-state index contributed by atoms with van der Waals surface area (Å²) in [5.74, 6) is -1.06. The second kappa shape index (κ2) is 10.1. The molecule has 8 heteroatoms. The molecule has 0 unspecified atom stereocenters. The number of nitrogens with one attached hydrogen (secondary N) is 1. The molecule has 7 nitrogen and oxygen atoms in total. The highest BCUT2D eigenvalue weighted by Crippen LogP contribution is 2.21. The van der Waals surface area contributed by atoms with Crippen molar-refractivity contribution in [1.29, 1.82) is 0 Å². The number of carbonyl (C=O) groups is 2. The fraction of sp³-hybridized carbons (Fsp3) is 0.391. The maximum atomic E-state index is 13.3. The third kappa shape index (κ3) is 5.87. The van der Waals surface area contributed by atoms with E-state index in [1.165, 1.54) is 29.2 Å². The van der Waals surface area contributed by atoms with Crippen LogP contribution >= 0.6 is 0 Å². The number of amides is 2. The minimum Gasteiger partial charge on any atom is -0.352 e. The van der Waals surface area contributed by atoms with E-state index in [0.717, 1.165) is 25.7 Å². The average Bonchev–Trinajstić information content (AvgIpc) is 3.26. The Morgan fingerprint density at radius 3 is 2.45 bits per heavy atom. The lowest BCUT2D eigenvalue weighted by molar-refractivity contribution is -0.385. The molecule has 2 aromatic rings. The van der Waals surface area contributed by atoms with Gasteiger partial charge in [0.1, 0.15) is 11.9 Å². The molecule has 0 saturated heterocycles. The van der Waals surface area contributed by atoms with Crippen molar-refractivity contribution in [2.75, 3.05) is 0 Å². The fourth-order valence-corrected chi connectivity index (χ4v) is 3.86. The van der Waals surface area contributed by atoms with Gasteiger partial charge in [-0.15, -0.1) is 0 Å². The third-order valence-electron chi connectivity index (χ3n) is 5.67. The highest BCUT2D eigenvalue weighted by atomic mass is 19.1. The molecule has 1 fully saturated rings. The molecule has 164 valence electrons. The number of nitrogens with zero attached hydrogens (tertiary/aromatic N) is 2. The predicted octanol–water partition coefficient (Wildman–Crippen LogP) is 3.75. The lowest BCUT2D eigenvalue weighted by Gasteiger charge is -2.30. The summed E-state index contributed by atoms with van der Waals surface area (Å²) in [6.07, 6.45) is 3.75. The van der Waals surface area contributed by atoms with E-state index >= 15 is 0 Å². The van der Waals surface area contributed by atoms with Crippen LogP contribution in [0.25, 0.3) is 0 Å². The molecule has 0 aliphatic heterocycles. The summed E-state index contributed by atoms with van der Waals surface area (Å²) in [6.45, 7) is 1.74. The Labute approximate surface area is 180 Å². The summed E-state index contributed by atoms with van der Waals surface area (Å²) in [5, 5.41) is 14.3. The van der Waals surface area contributed by atoms with Crippen LogP contribution in [0, 0.1) is 15.9 Å². The van der Waals surface area contributed by atoms with Crippen molar-refractivity contribution in [3.63, 3.8) is 0 Å². The van der Waals surface area contributed by atoms with Gasteiger partial charge in [0.2, 0.25) is 11.8 Å². The van der Waals surface area contributed by atoms with Crippen LogP contribution in [0.15, 0.2) is 48.5 Å². The summed E-state index contributed by atoms with van der Waals surface area (Å²) < 4.78 is 13.3. The molecule has 0 heterocycles. The van der Waals surface area contributed by atoms with Gasteiger partial charge in [-0.3, -0.25) is 19.7 Å². The van der Waals surface area contributed by atoms with Gasteiger partial charge in [-0.2, -0.15) is 0 Å². The molecule has 2 aromatic carbocycles. The summed E-state index contributed by atoms with van der Waals surface area (Å²) >= 11 is 0. The van der Waals surface area contributed by atoms with E-state index in [9.17, 15) is 24.1 Å². The third-order valence-corrected chi connectivity index (χ3v) is 5.67. The number of nitro benzene ring substituents is 1. The smallest absolute Gasteiger partial charge is 0.273 e. The first-order chi connectivity index (χ1) is 14.8. The average molecular weight is 427 g/mol. The summed E-state index contributed by atoms with van der Waals surface area (Å²) in [7, 11) is 0. The molecule has 0 radical (unpaired) electrons. The normalized spacial score (nSPS) is 14.8. The first-order valence-electron chi connectivity index (χ1n) is 10.4. The van der Waals surface area contributed by atoms with Crippen LogP contribution in [-0.2, 0) is 22.6 Å². The molecule has 1 aliphatic rings. The van der Waals surface area contributed by atoms with Gasteiger partial charge in [0.05, 0.1) is 11.3 Å². The predicted molar refractivity (Wildman–Crippen MR) is 114 cm³/mol. The highest BCUT2D eigenvalue weighted by molar-refractivity contribution is 5.88. The lowest BCUT2D eigenvalue weighted by Crippen LogP contribution is -2.50. The van der Waals surface area contributed by atoms with E-state index < -0.39 is 22.7 Å². The second-order valence-electron chi connectivity index (χ2n) is 7.88. The SMILES string of the molecule is C[C@@H](C(=O)NC1CCCC1)N(Cc1ccc(F)cc1)C(=O)Cc1ccccc1[N+](=O)[O-]. The molecular weight excluding hydrogens is 401 g/mol. The van der Waals surface area contributed by atoms with Gasteiger partial charge in [0, 0.05) is 24.2 Å². The molecule has 0 bridgehead atoms. The van der Waals surface area contributed by atoms with Crippen LogP contribution in [0.3, 0.4) is 0 Å². The van der Waals surface area contributed by atoms with E-state index in [1.807, 2.05) is 0 Å². The van der Waals surface area contributed by atoms with Crippen LogP contribution < -0.4 is 5.32 Å². The van der Waals surface area contributed by atoms with E-state index in [0.29, 0.717) is 5.56 Å². The Hall–Kier alpha value is -3.29. The monoisotopic (exact) mass is 427 g/mol. The van der Waals surface area contributed by atoms with Crippen molar-refractivity contribution < 1.29 is 18.9 Å². The number of carbonyl (C=O) groups excluding carboxylic acids is 2. The number of nitro groups is 1. The second-order valence-corrected chi connectivity index (χ2v) is 7.88. The Balaban J connectivity index is 1.81. The van der Waals surface area contributed by atoms with Crippen LogP contribution in [0.1, 0.15) is 43.7 Å². The molecule has 1 atom stereocenters. The molecular formula is C23H26FN3O4. The summed E-state index contributed by atoms with van der Waals surface area (Å²) in [5.41, 5.74) is 0.809. The maximum absolute atomic E-state index is 13.3. The van der Waals surface area contributed by atoms with Gasteiger partial charge in [0.15, 0.2) is 0 Å². The van der Waals surface area contributed by atoms with Gasteiger partial charge in [-0.25, -0.2) is 4.39 Å². The number of halogens is 1. The van der Waals surface area contributed by atoms with Crippen molar-refractivity contribution in [2.45, 2.75) is 57.7 Å². The number of benzene rings is 2. The Morgan fingerprint density at radius 2 is 1.81 bits per heavy atom. The van der Waals surface area contributed by atoms with Crippen LogP contribution in [0.5, 0.6) is 0 Å². The summed E-state index contributed by atoms with van der Waals surface area (Å²) in [4.78, 5) is 38.2. The molecule has 0 spiro atoms. The van der Waals surface area contributed by atoms with Gasteiger partial charge >= 0.3 is 0 Å². The van der Waals surface area contributed by atoms with Gasteiger partial charge in [-0.1, -0.05) is 43.2 Å². The zero-order valence-electron chi connectivity index (χ0n) is 17.4. The Morgan fingerprint density at radius 1 is 1.16 bits per heavy atom. The van der Waals surface area contributed by atoms with Gasteiger partial charge < -0.3 is 10.2 Å². The molecule has 3 rings (SSSR count). The Bertz CT molecular complexity index is 942. The van der Waals surface area contributed by atoms with Crippen LogP contribution in [0.2, 0.25) is 0 Å². The molecule has 1 N–H and O–H groups in total. The molecule has 2 amide bonds. The number of rotatable bonds is 8. The fourth-order valence-electron chi connectivity index (χ4n) is 3.86. The quantitative estimate of drug-likeness (QED) is 0.513. The maximum Gasteiger partial charge on any atom is 0.273 e. The standard InChI is InChI=1S/C23H26FN3O4/c1-16(23(29)25-20-7-3-4-8-20)26(15-17-10-12-19(24)13-11-17)22(28)14-18-6-2-5-9-21(18)27(30)31/h2,5-6,9-13,16,20H,3-4,7-8,14-15H2,1H3,(H,25,29)/t16-/m0/s1. The first kappa shape index (κ1) is 22.4. The molecule has 1 aliphatic carbocycles. The lowest BCUT2D eigenvalue weighted by atomic mass is 10.1. The minimum absolute atomic E-state index is 0.0962. The van der Waals surface area contributed by atoms with Gasteiger partial charge in [0.25, 0.3) is 5.69 Å². The number of para-hydroxylation sites is 1. The topological polar surface area (TPSA) is 92.6 Å². The van der Waals surface area contributed by atoms with Crippen molar-refractivity contribution in [2.24, 2.45) is 0 Å². The molecule has 1 saturated carbocycles. The largest absolute Gasteiger partial charge is 0.352 e. The number of hydrogen-bond donors (Lipinski definition) is 1. The van der Waals surface area contributed by atoms with Crippen molar-refractivity contribution in [3.8, 4) is 0 Å². The van der Waals surface area contributed by atoms with Crippen molar-refractivity contribution in [1.82, 2.24) is 10.2 Å². The van der Waals surface area contributed by atoms with Crippen LogP contribution in [-0.4, -0.2) is 33.7 Å². The molecule has 31 heavy (non-hydrogen) atoms. The zero-order valence-corrected chi connectivity index (χ0v) is 17.4. The number of hydrogen-bond acceptors (Lipinski definition) is 4. The van der Waals surface area contributed by atoms with E-state index in [1.54, 1.807) is 31.2 Å². The van der Waals surface area contributed by atoms with Gasteiger partial charge in [-0.05, 0) is 37.5 Å². The summed E-state index contributed by atoms with van der Waals surface area (Å²) in [6, 6.07) is 11.1. The highest BCUT2D eigenvalue weighted by Gasteiger charge is 2.29.